The Bertz CT molecular complexity index is 4680. The van der Waals surface area contributed by atoms with Gasteiger partial charge in [-0.1, -0.05) is 97.1 Å². The number of rotatable bonds is 6. The highest BCUT2D eigenvalue weighted by Crippen LogP contribution is 2.47. The highest BCUT2D eigenvalue weighted by molar-refractivity contribution is 6.22. The highest BCUT2D eigenvalue weighted by Gasteiger charge is 2.23. The fraction of sp³-hybridized carbons (Fsp3) is 0.0294. The molecule has 0 N–H and O–H groups in total. The Morgan fingerprint density at radius 3 is 1.03 bits per heavy atom. The second kappa shape index (κ2) is 15.4. The van der Waals surface area contributed by atoms with Crippen molar-refractivity contribution < 1.29 is 17.7 Å². The van der Waals surface area contributed by atoms with Gasteiger partial charge in [-0.25, -0.2) is 0 Å². The van der Waals surface area contributed by atoms with E-state index in [1.165, 1.54) is 21.5 Å². The summed E-state index contributed by atoms with van der Waals surface area (Å²) in [5.41, 5.74) is 15.1. The van der Waals surface area contributed by atoms with E-state index in [1.54, 1.807) is 0 Å². The minimum absolute atomic E-state index is 0.823. The van der Waals surface area contributed by atoms with Gasteiger partial charge in [0.2, 0.25) is 0 Å². The first kappa shape index (κ1) is 40.9. The quantitative estimate of drug-likeness (QED) is 0.166. The van der Waals surface area contributed by atoms with E-state index in [9.17, 15) is 0 Å². The normalized spacial score (nSPS) is 12.2. The molecule has 4 aromatic heterocycles. The third-order valence-corrected chi connectivity index (χ3v) is 15.5. The fourth-order valence-corrected chi connectivity index (χ4v) is 12.0. The Hall–Kier alpha value is -9.78. The SMILES string of the molecule is Cc1c2cc3c(oc4cc(N(c5ccccc5)c5ccc6c(c5)oc5ccc7ccccc7c56)ccc43)c(C)c2cc2c1oc1cc(N(c3ccccc3)c3ccc4c(c3)oc3ccc5ccccc5c34)ccc12. The van der Waals surface area contributed by atoms with Crippen LogP contribution in [0.2, 0.25) is 0 Å². The maximum atomic E-state index is 6.93. The van der Waals surface area contributed by atoms with Gasteiger partial charge in [0.15, 0.2) is 0 Å². The largest absolute Gasteiger partial charge is 0.456 e. The van der Waals surface area contributed by atoms with Gasteiger partial charge in [-0.15, -0.1) is 0 Å². The van der Waals surface area contributed by atoms with Gasteiger partial charge in [-0.2, -0.15) is 0 Å². The summed E-state index contributed by atoms with van der Waals surface area (Å²) in [7, 11) is 0. The Labute approximate surface area is 423 Å². The lowest BCUT2D eigenvalue weighted by Crippen LogP contribution is -2.09. The lowest BCUT2D eigenvalue weighted by molar-refractivity contribution is 0.665. The molecule has 16 rings (SSSR count). The molecule has 12 aromatic carbocycles. The predicted octanol–water partition coefficient (Wildman–Crippen LogP) is 20.3. The maximum absolute atomic E-state index is 6.93. The van der Waals surface area contributed by atoms with Gasteiger partial charge < -0.3 is 27.5 Å². The lowest BCUT2D eigenvalue weighted by atomic mass is 9.95. The zero-order chi connectivity index (χ0) is 48.8. The molecule has 0 aliphatic heterocycles. The number of fused-ring (bicyclic) bond motifs is 17. The highest BCUT2D eigenvalue weighted by atomic mass is 16.3. The summed E-state index contributed by atoms with van der Waals surface area (Å²) in [5.74, 6) is 0. The van der Waals surface area contributed by atoms with Crippen molar-refractivity contribution in [3.8, 4) is 0 Å². The molecular formula is C68H42N2O4. The van der Waals surface area contributed by atoms with E-state index < -0.39 is 0 Å². The molecule has 6 heteroatoms. The summed E-state index contributed by atoms with van der Waals surface area (Å²) in [6.07, 6.45) is 0. The molecule has 0 saturated heterocycles. The van der Waals surface area contributed by atoms with Gasteiger partial charge >= 0.3 is 0 Å². The van der Waals surface area contributed by atoms with Crippen LogP contribution in [0.4, 0.5) is 34.1 Å². The molecule has 0 aliphatic rings. The Morgan fingerprint density at radius 2 is 0.608 bits per heavy atom. The number of nitrogens with zero attached hydrogens (tertiary/aromatic N) is 2. The smallest absolute Gasteiger partial charge is 0.138 e. The molecule has 0 fully saturated rings. The first-order valence-corrected chi connectivity index (χ1v) is 25.1. The summed E-state index contributed by atoms with van der Waals surface area (Å²) in [6.45, 7) is 4.36. The minimum Gasteiger partial charge on any atom is -0.456 e. The van der Waals surface area contributed by atoms with Crippen molar-refractivity contribution >= 4 is 154 Å². The molecule has 0 spiro atoms. The molecule has 6 nitrogen and oxygen atoms in total. The molecule has 0 bridgehead atoms. The van der Waals surface area contributed by atoms with Crippen LogP contribution in [-0.4, -0.2) is 0 Å². The minimum atomic E-state index is 0.823. The van der Waals surface area contributed by atoms with Gasteiger partial charge in [0.05, 0.1) is 0 Å². The molecule has 4 heterocycles. The van der Waals surface area contributed by atoms with Crippen molar-refractivity contribution in [2.24, 2.45) is 0 Å². The van der Waals surface area contributed by atoms with Crippen molar-refractivity contribution in [2.75, 3.05) is 9.80 Å². The van der Waals surface area contributed by atoms with Crippen molar-refractivity contribution in [2.45, 2.75) is 13.8 Å². The summed E-state index contributed by atoms with van der Waals surface area (Å²) in [6, 6.07) is 77.2. The van der Waals surface area contributed by atoms with E-state index in [2.05, 4.69) is 242 Å². The van der Waals surface area contributed by atoms with E-state index in [-0.39, 0.29) is 0 Å². The topological polar surface area (TPSA) is 59.0 Å². The first-order valence-electron chi connectivity index (χ1n) is 25.1. The molecular weight excluding hydrogens is 909 g/mol. The summed E-state index contributed by atoms with van der Waals surface area (Å²) in [5, 5.41) is 15.8. The van der Waals surface area contributed by atoms with Gasteiger partial charge in [-0.05, 0) is 143 Å². The summed E-state index contributed by atoms with van der Waals surface area (Å²) >= 11 is 0. The Kier molecular flexibility index (Phi) is 8.49. The Morgan fingerprint density at radius 1 is 0.243 bits per heavy atom. The number of para-hydroxylation sites is 2. The van der Waals surface area contributed by atoms with Crippen LogP contribution in [0.15, 0.2) is 236 Å². The molecule has 16 aromatic rings. The fourth-order valence-electron chi connectivity index (χ4n) is 12.0. The zero-order valence-electron chi connectivity index (χ0n) is 40.3. The molecule has 74 heavy (non-hydrogen) atoms. The number of aryl methyl sites for hydroxylation is 2. The molecule has 348 valence electrons. The third-order valence-electron chi connectivity index (χ3n) is 15.5. The van der Waals surface area contributed by atoms with Gasteiger partial charge in [0.1, 0.15) is 44.7 Å². The average Bonchev–Trinajstić information content (AvgIpc) is 4.23. The molecule has 0 atom stereocenters. The molecule has 0 radical (unpaired) electrons. The van der Waals surface area contributed by atoms with Crippen LogP contribution >= 0.6 is 0 Å². The van der Waals surface area contributed by atoms with Crippen LogP contribution in [0.3, 0.4) is 0 Å². The van der Waals surface area contributed by atoms with E-state index in [0.717, 1.165) is 144 Å². The number of hydrogen-bond donors (Lipinski definition) is 0. The number of benzene rings is 12. The van der Waals surface area contributed by atoms with Crippen LogP contribution in [0.25, 0.3) is 120 Å². The van der Waals surface area contributed by atoms with Crippen molar-refractivity contribution in [3.05, 3.63) is 230 Å². The van der Waals surface area contributed by atoms with Crippen molar-refractivity contribution in [1.82, 2.24) is 0 Å². The van der Waals surface area contributed by atoms with Crippen LogP contribution < -0.4 is 9.80 Å². The first-order chi connectivity index (χ1) is 36.5. The van der Waals surface area contributed by atoms with E-state index in [0.29, 0.717) is 0 Å². The maximum Gasteiger partial charge on any atom is 0.138 e. The summed E-state index contributed by atoms with van der Waals surface area (Å²) < 4.78 is 27.0. The number of furan rings is 4. The number of hydrogen-bond acceptors (Lipinski definition) is 6. The van der Waals surface area contributed by atoms with Crippen LogP contribution in [-0.2, 0) is 0 Å². The molecule has 0 aliphatic carbocycles. The molecule has 0 unspecified atom stereocenters. The second-order valence-corrected chi connectivity index (χ2v) is 19.6. The van der Waals surface area contributed by atoms with Crippen LogP contribution in [0, 0.1) is 13.8 Å². The van der Waals surface area contributed by atoms with E-state index >= 15 is 0 Å². The van der Waals surface area contributed by atoms with E-state index in [4.69, 9.17) is 17.7 Å². The lowest BCUT2D eigenvalue weighted by Gasteiger charge is -2.25. The zero-order valence-corrected chi connectivity index (χ0v) is 40.3. The Balaban J connectivity index is 0.803. The standard InChI is InChI=1S/C68H42N2O4/c1-39-55-37-58-52-28-24-46(70(44-17-7-4-8-18-44)48-26-30-54-64(36-48)72-60-32-22-42-14-10-12-20-50(42)66(54)60)34-62(52)74-68(58)40(2)56(55)38-57-51-27-23-45(33-61(51)73-67(39)57)69(43-15-5-3-6-16-43)47-25-29-53-63(35-47)71-59-31-21-41-13-9-11-19-49(41)65(53)59/h3-38H,1-2H3. The molecule has 0 amide bonds. The van der Waals surface area contributed by atoms with Crippen LogP contribution in [0.5, 0.6) is 0 Å². The number of anilines is 6. The van der Waals surface area contributed by atoms with Gasteiger partial charge in [-0.3, -0.25) is 0 Å². The monoisotopic (exact) mass is 950 g/mol. The van der Waals surface area contributed by atoms with Gasteiger partial charge in [0, 0.05) is 113 Å². The predicted molar refractivity (Wildman–Crippen MR) is 307 cm³/mol. The van der Waals surface area contributed by atoms with Crippen molar-refractivity contribution in [1.29, 1.82) is 0 Å². The second-order valence-electron chi connectivity index (χ2n) is 19.6. The molecule has 0 saturated carbocycles. The van der Waals surface area contributed by atoms with Crippen LogP contribution in [0.1, 0.15) is 11.1 Å². The summed E-state index contributed by atoms with van der Waals surface area (Å²) in [4.78, 5) is 4.55. The van der Waals surface area contributed by atoms with E-state index in [1.807, 2.05) is 0 Å². The average molecular weight is 951 g/mol. The van der Waals surface area contributed by atoms with Gasteiger partial charge in [0.25, 0.3) is 0 Å². The third kappa shape index (κ3) is 5.94. The van der Waals surface area contributed by atoms with Crippen molar-refractivity contribution in [3.63, 3.8) is 0 Å².